The molecule has 0 aromatic heterocycles. The maximum Gasteiger partial charge on any atom is 0.376 e. The minimum atomic E-state index is -1.68. The van der Waals surface area contributed by atoms with E-state index in [0.29, 0.717) is 11.8 Å². The van der Waals surface area contributed by atoms with Crippen molar-refractivity contribution in [3.8, 4) is 0 Å². The molecule has 2 amide bonds. The predicted octanol–water partition coefficient (Wildman–Crippen LogP) is 0.669. The van der Waals surface area contributed by atoms with Crippen molar-refractivity contribution in [2.45, 2.75) is 0 Å². The van der Waals surface area contributed by atoms with Gasteiger partial charge >= 0.3 is 5.97 Å². The lowest BCUT2D eigenvalue weighted by atomic mass is 10.1. The van der Waals surface area contributed by atoms with Crippen molar-refractivity contribution in [3.63, 3.8) is 0 Å². The predicted molar refractivity (Wildman–Crippen MR) is 71.3 cm³/mol. The number of nitrogens with zero attached hydrogens (tertiary/aromatic N) is 1. The van der Waals surface area contributed by atoms with Crippen LogP contribution in [-0.4, -0.2) is 33.8 Å². The summed E-state index contributed by atoms with van der Waals surface area (Å²) in [5.74, 6) is -4.42. The van der Waals surface area contributed by atoms with E-state index < -0.39 is 29.3 Å². The summed E-state index contributed by atoms with van der Waals surface area (Å²) in [6, 6.07) is 5.51. The Labute approximate surface area is 118 Å². The molecule has 0 atom stereocenters. The molecule has 1 aliphatic heterocycles. The standard InChI is InChI=1S/C14H9NO6/c16-10(7-11(17)14(20)21)8-1-3-9(4-2-8)15-12(18)5-6-13(15)19/h1-7,16H,(H,20,21). The maximum atomic E-state index is 11.5. The summed E-state index contributed by atoms with van der Waals surface area (Å²) in [7, 11) is 0. The van der Waals surface area contributed by atoms with Crippen LogP contribution in [0.4, 0.5) is 5.69 Å². The highest BCUT2D eigenvalue weighted by Gasteiger charge is 2.24. The molecule has 2 rings (SSSR count). The number of ketones is 1. The molecule has 0 fully saturated rings. The molecule has 7 heteroatoms. The van der Waals surface area contributed by atoms with Crippen LogP contribution in [0.2, 0.25) is 0 Å². The van der Waals surface area contributed by atoms with Gasteiger partial charge in [-0.25, -0.2) is 9.69 Å². The van der Waals surface area contributed by atoms with Gasteiger partial charge < -0.3 is 10.2 Å². The molecule has 106 valence electrons. The van der Waals surface area contributed by atoms with Gasteiger partial charge in [0, 0.05) is 23.8 Å². The number of carbonyl (C=O) groups is 4. The highest BCUT2D eigenvalue weighted by atomic mass is 16.4. The Morgan fingerprint density at radius 3 is 1.95 bits per heavy atom. The van der Waals surface area contributed by atoms with Crippen LogP contribution in [0.25, 0.3) is 5.76 Å². The fraction of sp³-hybridized carbons (Fsp3) is 0. The van der Waals surface area contributed by atoms with Crippen LogP contribution in [0.1, 0.15) is 5.56 Å². The van der Waals surface area contributed by atoms with E-state index in [-0.39, 0.29) is 5.56 Å². The van der Waals surface area contributed by atoms with Crippen molar-refractivity contribution >= 4 is 35.0 Å². The molecule has 1 aromatic carbocycles. The van der Waals surface area contributed by atoms with E-state index in [1.807, 2.05) is 0 Å². The maximum absolute atomic E-state index is 11.5. The number of aliphatic carboxylic acids is 1. The molecule has 7 nitrogen and oxygen atoms in total. The lowest BCUT2D eigenvalue weighted by Gasteiger charge is -2.13. The van der Waals surface area contributed by atoms with Crippen molar-refractivity contribution in [3.05, 3.63) is 48.1 Å². The van der Waals surface area contributed by atoms with Crippen molar-refractivity contribution in [2.24, 2.45) is 0 Å². The second-order valence-electron chi connectivity index (χ2n) is 4.09. The van der Waals surface area contributed by atoms with Crippen LogP contribution in [0.3, 0.4) is 0 Å². The van der Waals surface area contributed by atoms with Gasteiger partial charge in [-0.1, -0.05) is 0 Å². The summed E-state index contributed by atoms with van der Waals surface area (Å²) in [6.07, 6.45) is 2.85. The monoisotopic (exact) mass is 287 g/mol. The topological polar surface area (TPSA) is 112 Å². The number of hydrogen-bond donors (Lipinski definition) is 2. The summed E-state index contributed by atoms with van der Waals surface area (Å²) in [5, 5.41) is 18.0. The van der Waals surface area contributed by atoms with E-state index in [1.165, 1.54) is 24.3 Å². The molecule has 0 unspecified atom stereocenters. The van der Waals surface area contributed by atoms with Crippen LogP contribution >= 0.6 is 0 Å². The number of amides is 2. The molecule has 0 aliphatic carbocycles. The normalized spacial score (nSPS) is 14.7. The van der Waals surface area contributed by atoms with Crippen LogP contribution in [-0.2, 0) is 19.2 Å². The Bertz CT molecular complexity index is 681. The van der Waals surface area contributed by atoms with Gasteiger partial charge in [0.1, 0.15) is 5.76 Å². The number of rotatable bonds is 4. The zero-order valence-corrected chi connectivity index (χ0v) is 10.5. The molecule has 0 saturated heterocycles. The number of carbonyl (C=O) groups excluding carboxylic acids is 3. The second-order valence-corrected chi connectivity index (χ2v) is 4.09. The quantitative estimate of drug-likeness (QED) is 0.364. The molecule has 2 N–H and O–H groups in total. The fourth-order valence-electron chi connectivity index (χ4n) is 1.71. The molecule has 0 spiro atoms. The number of carboxylic acid groups (broad SMARTS) is 1. The average Bonchev–Trinajstić information content (AvgIpc) is 2.78. The van der Waals surface area contributed by atoms with Crippen molar-refractivity contribution < 1.29 is 29.4 Å². The summed E-state index contributed by atoms with van der Waals surface area (Å²) in [4.78, 5) is 45.2. The molecule has 1 aliphatic rings. The van der Waals surface area contributed by atoms with Crippen LogP contribution < -0.4 is 4.90 Å². The molecule has 0 radical (unpaired) electrons. The van der Waals surface area contributed by atoms with Crippen LogP contribution in [0.5, 0.6) is 0 Å². The third-order valence-corrected chi connectivity index (χ3v) is 2.71. The molecule has 21 heavy (non-hydrogen) atoms. The van der Waals surface area contributed by atoms with Gasteiger partial charge in [-0.15, -0.1) is 0 Å². The summed E-state index contributed by atoms with van der Waals surface area (Å²) < 4.78 is 0. The van der Waals surface area contributed by atoms with E-state index >= 15 is 0 Å². The molecular weight excluding hydrogens is 278 g/mol. The molecular formula is C14H9NO6. The van der Waals surface area contributed by atoms with Crippen LogP contribution in [0.15, 0.2) is 42.5 Å². The van der Waals surface area contributed by atoms with Crippen molar-refractivity contribution in [1.29, 1.82) is 0 Å². The molecule has 0 saturated carbocycles. The van der Waals surface area contributed by atoms with Gasteiger partial charge in [0.25, 0.3) is 17.6 Å². The number of hydrogen-bond acceptors (Lipinski definition) is 5. The average molecular weight is 287 g/mol. The van der Waals surface area contributed by atoms with Gasteiger partial charge in [-0.2, -0.15) is 0 Å². The van der Waals surface area contributed by atoms with Crippen molar-refractivity contribution in [1.82, 2.24) is 0 Å². The van der Waals surface area contributed by atoms with Gasteiger partial charge in [0.05, 0.1) is 5.69 Å². The third kappa shape index (κ3) is 2.86. The number of aliphatic hydroxyl groups is 1. The first-order chi connectivity index (χ1) is 9.90. The Morgan fingerprint density at radius 1 is 0.952 bits per heavy atom. The Morgan fingerprint density at radius 2 is 1.48 bits per heavy atom. The fourth-order valence-corrected chi connectivity index (χ4v) is 1.71. The van der Waals surface area contributed by atoms with Crippen molar-refractivity contribution in [2.75, 3.05) is 4.90 Å². The Hall–Kier alpha value is -3.22. The van der Waals surface area contributed by atoms with E-state index in [1.54, 1.807) is 0 Å². The summed E-state index contributed by atoms with van der Waals surface area (Å²) in [5.41, 5.74) is 0.483. The smallest absolute Gasteiger partial charge is 0.376 e. The summed E-state index contributed by atoms with van der Waals surface area (Å²) >= 11 is 0. The van der Waals surface area contributed by atoms with Crippen LogP contribution in [0, 0.1) is 0 Å². The highest BCUT2D eigenvalue weighted by Crippen LogP contribution is 2.21. The van der Waals surface area contributed by atoms with Gasteiger partial charge in [-0.3, -0.25) is 14.4 Å². The Kier molecular flexibility index (Phi) is 3.66. The molecule has 1 heterocycles. The van der Waals surface area contributed by atoms with Gasteiger partial charge in [0.15, 0.2) is 0 Å². The van der Waals surface area contributed by atoms with Gasteiger partial charge in [-0.05, 0) is 24.3 Å². The van der Waals surface area contributed by atoms with E-state index in [9.17, 15) is 24.3 Å². The highest BCUT2D eigenvalue weighted by molar-refractivity contribution is 6.38. The number of benzene rings is 1. The minimum Gasteiger partial charge on any atom is -0.507 e. The number of anilines is 1. The largest absolute Gasteiger partial charge is 0.507 e. The number of carboxylic acids is 1. The van der Waals surface area contributed by atoms with E-state index in [4.69, 9.17) is 5.11 Å². The molecule has 0 bridgehead atoms. The lowest BCUT2D eigenvalue weighted by Crippen LogP contribution is -2.29. The first kappa shape index (κ1) is 14.2. The third-order valence-electron chi connectivity index (χ3n) is 2.71. The number of aliphatic hydroxyl groups excluding tert-OH is 1. The lowest BCUT2D eigenvalue weighted by molar-refractivity contribution is -0.146. The second kappa shape index (κ2) is 5.41. The minimum absolute atomic E-state index is 0.181. The van der Waals surface area contributed by atoms with E-state index in [2.05, 4.69) is 0 Å². The molecule has 1 aromatic rings. The number of imide groups is 1. The summed E-state index contributed by atoms with van der Waals surface area (Å²) in [6.45, 7) is 0. The zero-order chi connectivity index (χ0) is 15.6. The Balaban J connectivity index is 2.24. The first-order valence-corrected chi connectivity index (χ1v) is 5.74. The SMILES string of the molecule is O=C(O)C(=O)C=C(O)c1ccc(N2C(=O)C=CC2=O)cc1. The first-order valence-electron chi connectivity index (χ1n) is 5.74. The zero-order valence-electron chi connectivity index (χ0n) is 10.5. The van der Waals surface area contributed by atoms with E-state index in [0.717, 1.165) is 17.1 Å². The van der Waals surface area contributed by atoms with Gasteiger partial charge in [0.2, 0.25) is 0 Å².